The number of phosphoric acid groups is 2. The van der Waals surface area contributed by atoms with Gasteiger partial charge >= 0.3 is 39.5 Å². The molecule has 582 valence electrons. The molecule has 0 amide bonds. The Morgan fingerprint density at radius 3 is 0.694 bits per heavy atom. The Bertz CT molecular complexity index is 1900. The number of carbonyl (C=O) groups is 4. The van der Waals surface area contributed by atoms with Gasteiger partial charge in [-0.15, -0.1) is 0 Å². The van der Waals surface area contributed by atoms with Gasteiger partial charge in [-0.1, -0.05) is 357 Å². The maximum Gasteiger partial charge on any atom is 0.472 e. The van der Waals surface area contributed by atoms with E-state index in [1.54, 1.807) is 0 Å². The van der Waals surface area contributed by atoms with Crippen molar-refractivity contribution in [2.75, 3.05) is 39.6 Å². The zero-order chi connectivity index (χ0) is 72.3. The third kappa shape index (κ3) is 72.4. The van der Waals surface area contributed by atoms with E-state index in [9.17, 15) is 43.2 Å². The monoisotopic (exact) mass is 1440 g/mol. The van der Waals surface area contributed by atoms with Crippen molar-refractivity contribution < 1.29 is 80.2 Å². The molecular formula is C79H154O17P2. The summed E-state index contributed by atoms with van der Waals surface area (Å²) in [5, 5.41) is 10.6. The van der Waals surface area contributed by atoms with Gasteiger partial charge in [0.15, 0.2) is 12.2 Å². The first-order chi connectivity index (χ1) is 47.2. The second-order valence-electron chi connectivity index (χ2n) is 29.9. The molecule has 0 radical (unpaired) electrons. The predicted octanol–water partition coefficient (Wildman–Crippen LogP) is 23.4. The Kier molecular flexibility index (Phi) is 68.1. The van der Waals surface area contributed by atoms with Crippen molar-refractivity contribution in [3.63, 3.8) is 0 Å². The number of phosphoric ester groups is 2. The maximum absolute atomic E-state index is 13.1. The van der Waals surface area contributed by atoms with Gasteiger partial charge in [0, 0.05) is 25.7 Å². The zero-order valence-corrected chi connectivity index (χ0v) is 66.0. The highest BCUT2D eigenvalue weighted by molar-refractivity contribution is 7.47. The number of aliphatic hydroxyl groups excluding tert-OH is 1. The van der Waals surface area contributed by atoms with Crippen LogP contribution in [0.5, 0.6) is 0 Å². The average molecular weight is 1440 g/mol. The number of rotatable bonds is 77. The molecule has 0 saturated heterocycles. The molecule has 5 atom stereocenters. The molecule has 0 fully saturated rings. The summed E-state index contributed by atoms with van der Waals surface area (Å²) in [6.45, 7) is 11.9. The van der Waals surface area contributed by atoms with Crippen molar-refractivity contribution in [3.8, 4) is 0 Å². The van der Waals surface area contributed by atoms with Crippen LogP contribution < -0.4 is 0 Å². The number of hydrogen-bond donors (Lipinski definition) is 3. The summed E-state index contributed by atoms with van der Waals surface area (Å²) in [6, 6.07) is 0. The zero-order valence-electron chi connectivity index (χ0n) is 64.3. The van der Waals surface area contributed by atoms with Gasteiger partial charge in [-0.25, -0.2) is 9.13 Å². The van der Waals surface area contributed by atoms with Crippen LogP contribution in [0, 0.1) is 17.8 Å². The first kappa shape index (κ1) is 96.1. The summed E-state index contributed by atoms with van der Waals surface area (Å²) in [6.07, 6.45) is 56.8. The Hall–Kier alpha value is -1.94. The topological polar surface area (TPSA) is 237 Å². The first-order valence-electron chi connectivity index (χ1n) is 40.8. The fourth-order valence-electron chi connectivity index (χ4n) is 12.1. The SMILES string of the molecule is CCCCCCCCCCCCCCCCC(=O)O[C@H](COC(=O)CCCCCCCCCCC(C)C)COP(=O)(O)OC[C@H](O)COP(=O)(O)OC[C@@H](COC(=O)CCCCCCCCCCCCCCC(C)C)OC(=O)CCCCCCCCCCCCCCCCCC(C)C. The van der Waals surface area contributed by atoms with Crippen LogP contribution in [0.25, 0.3) is 0 Å². The third-order valence-corrected chi connectivity index (χ3v) is 20.3. The molecule has 0 aliphatic heterocycles. The van der Waals surface area contributed by atoms with E-state index in [1.807, 2.05) is 0 Å². The highest BCUT2D eigenvalue weighted by atomic mass is 31.2. The van der Waals surface area contributed by atoms with Crippen LogP contribution in [-0.4, -0.2) is 96.7 Å². The summed E-state index contributed by atoms with van der Waals surface area (Å²) in [7, 11) is -9.92. The molecule has 0 spiro atoms. The Morgan fingerprint density at radius 2 is 0.469 bits per heavy atom. The van der Waals surface area contributed by atoms with Crippen molar-refractivity contribution in [3.05, 3.63) is 0 Å². The minimum Gasteiger partial charge on any atom is -0.462 e. The van der Waals surface area contributed by atoms with Gasteiger partial charge in [-0.2, -0.15) is 0 Å². The smallest absolute Gasteiger partial charge is 0.462 e. The third-order valence-electron chi connectivity index (χ3n) is 18.4. The fourth-order valence-corrected chi connectivity index (χ4v) is 13.7. The molecule has 0 heterocycles. The predicted molar refractivity (Wildman–Crippen MR) is 400 cm³/mol. The van der Waals surface area contributed by atoms with Crippen molar-refractivity contribution in [2.45, 2.75) is 426 Å². The van der Waals surface area contributed by atoms with E-state index >= 15 is 0 Å². The molecule has 17 nitrogen and oxygen atoms in total. The second kappa shape index (κ2) is 69.4. The quantitative estimate of drug-likeness (QED) is 0.0222. The number of aliphatic hydroxyl groups is 1. The van der Waals surface area contributed by atoms with Crippen LogP contribution in [0.1, 0.15) is 408 Å². The summed E-state index contributed by atoms with van der Waals surface area (Å²) in [5.74, 6) is 0.199. The lowest BCUT2D eigenvalue weighted by molar-refractivity contribution is -0.161. The van der Waals surface area contributed by atoms with Gasteiger partial charge in [0.25, 0.3) is 0 Å². The van der Waals surface area contributed by atoms with E-state index in [2.05, 4.69) is 48.5 Å². The average Bonchev–Trinajstić information content (AvgIpc) is 1.00. The summed E-state index contributed by atoms with van der Waals surface area (Å²) >= 11 is 0. The molecule has 0 aliphatic rings. The van der Waals surface area contributed by atoms with Crippen LogP contribution in [0.4, 0.5) is 0 Å². The summed E-state index contributed by atoms with van der Waals surface area (Å²) in [5.41, 5.74) is 0. The molecule has 0 aromatic heterocycles. The number of ether oxygens (including phenoxy) is 4. The Labute approximate surface area is 600 Å². The van der Waals surface area contributed by atoms with Gasteiger partial charge in [-0.05, 0) is 43.4 Å². The second-order valence-corrected chi connectivity index (χ2v) is 32.8. The minimum absolute atomic E-state index is 0.107. The van der Waals surface area contributed by atoms with Crippen molar-refractivity contribution in [2.24, 2.45) is 17.8 Å². The Balaban J connectivity index is 5.26. The van der Waals surface area contributed by atoms with Crippen molar-refractivity contribution >= 4 is 39.5 Å². The lowest BCUT2D eigenvalue weighted by Gasteiger charge is -2.21. The van der Waals surface area contributed by atoms with Crippen molar-refractivity contribution in [1.82, 2.24) is 0 Å². The van der Waals surface area contributed by atoms with E-state index in [4.69, 9.17) is 37.0 Å². The molecular weight excluding hydrogens is 1280 g/mol. The van der Waals surface area contributed by atoms with Gasteiger partial charge in [0.05, 0.1) is 26.4 Å². The number of hydrogen-bond acceptors (Lipinski definition) is 15. The highest BCUT2D eigenvalue weighted by Crippen LogP contribution is 2.45. The van der Waals surface area contributed by atoms with E-state index in [-0.39, 0.29) is 25.7 Å². The largest absolute Gasteiger partial charge is 0.472 e. The van der Waals surface area contributed by atoms with E-state index in [0.717, 1.165) is 108 Å². The van der Waals surface area contributed by atoms with E-state index in [1.165, 1.54) is 218 Å². The van der Waals surface area contributed by atoms with Gasteiger partial charge in [-0.3, -0.25) is 37.3 Å². The lowest BCUT2D eigenvalue weighted by atomic mass is 10.0. The molecule has 98 heavy (non-hydrogen) atoms. The summed E-state index contributed by atoms with van der Waals surface area (Å²) < 4.78 is 68.7. The van der Waals surface area contributed by atoms with Crippen LogP contribution in [0.2, 0.25) is 0 Å². The van der Waals surface area contributed by atoms with Gasteiger partial charge < -0.3 is 33.8 Å². The molecule has 0 rings (SSSR count). The first-order valence-corrected chi connectivity index (χ1v) is 43.8. The van der Waals surface area contributed by atoms with Gasteiger partial charge in [0.2, 0.25) is 0 Å². The van der Waals surface area contributed by atoms with E-state index < -0.39 is 97.5 Å². The van der Waals surface area contributed by atoms with Crippen LogP contribution in [0.3, 0.4) is 0 Å². The molecule has 3 N–H and O–H groups in total. The fraction of sp³-hybridized carbons (Fsp3) is 0.949. The minimum atomic E-state index is -4.96. The molecule has 0 aromatic carbocycles. The highest BCUT2D eigenvalue weighted by Gasteiger charge is 2.30. The summed E-state index contributed by atoms with van der Waals surface area (Å²) in [4.78, 5) is 73.0. The van der Waals surface area contributed by atoms with Crippen LogP contribution in [0.15, 0.2) is 0 Å². The molecule has 2 unspecified atom stereocenters. The number of esters is 4. The van der Waals surface area contributed by atoms with Crippen molar-refractivity contribution in [1.29, 1.82) is 0 Å². The maximum atomic E-state index is 13.1. The number of unbranched alkanes of at least 4 members (excludes halogenated alkanes) is 45. The molecule has 19 heteroatoms. The molecule has 0 saturated carbocycles. The number of carbonyl (C=O) groups excluding carboxylic acids is 4. The molecule has 0 aliphatic carbocycles. The Morgan fingerprint density at radius 1 is 0.276 bits per heavy atom. The van der Waals surface area contributed by atoms with Crippen LogP contribution >= 0.6 is 15.6 Å². The molecule has 0 bridgehead atoms. The van der Waals surface area contributed by atoms with Crippen LogP contribution in [-0.2, 0) is 65.4 Å². The standard InChI is InChI=1S/C79H154O17P2/c1-8-9-10-11-12-13-14-15-20-27-32-41-48-55-62-78(83)96-75(67-90-77(82)61-54-47-40-35-34-38-45-52-59-72(6)7)69-94-98(87,88)92-65-73(80)64-91-97(85,86)93-68-74(66-89-76(81)60-53-46-39-31-26-23-22-25-30-37-44-51-58-71(4)5)95-79(84)63-56-49-42-33-28-21-18-16-17-19-24-29-36-43-50-57-70(2)3/h70-75,80H,8-69H2,1-7H3,(H,85,86)(H,87,88)/t73-,74-,75-/m1/s1. The van der Waals surface area contributed by atoms with Gasteiger partial charge in [0.1, 0.15) is 19.3 Å². The normalized spacial score (nSPS) is 14.0. The lowest BCUT2D eigenvalue weighted by Crippen LogP contribution is -2.30. The molecule has 0 aromatic rings. The van der Waals surface area contributed by atoms with E-state index in [0.29, 0.717) is 25.7 Å².